The van der Waals surface area contributed by atoms with Crippen LogP contribution in [0.2, 0.25) is 5.02 Å². The molecular formula is C23H22ClF2NO5S. The zero-order chi connectivity index (χ0) is 23.5. The topological polar surface area (TPSA) is 96.0 Å². The van der Waals surface area contributed by atoms with Gasteiger partial charge >= 0.3 is 0 Å². The largest absolute Gasteiger partial charge is 0.387 e. The maximum Gasteiger partial charge on any atom is 0.255 e. The minimum Gasteiger partial charge on any atom is -0.387 e. The summed E-state index contributed by atoms with van der Waals surface area (Å²) in [6, 6.07) is 6.83. The number of sulfone groups is 1. The minimum atomic E-state index is -3.89. The number of anilines is 1. The van der Waals surface area contributed by atoms with Crippen LogP contribution >= 0.6 is 11.6 Å². The van der Waals surface area contributed by atoms with E-state index in [0.29, 0.717) is 19.4 Å². The molecule has 2 aromatic carbocycles. The highest BCUT2D eigenvalue weighted by Crippen LogP contribution is 2.56. The standard InChI is InChI=1S/C23H22ClF2NO5S/c24-17-5-1-12(22(28)27-15-4-6-18(25)19(26)10-15)7-20(17)33(30,31)16-8-13-2-3-14(9-16)23(13,29)21-11-32-21/h1,4-7,10,13-14,16,21,29H,2-3,8-9,11H2,(H,27,28)/t13-,14+,16-,21?,23-. The third-order valence-corrected chi connectivity index (χ3v) is 9.89. The molecule has 5 rings (SSSR count). The maximum atomic E-state index is 13.5. The number of epoxide rings is 1. The summed E-state index contributed by atoms with van der Waals surface area (Å²) in [4.78, 5) is 12.5. The second kappa shape index (κ2) is 8.01. The van der Waals surface area contributed by atoms with Gasteiger partial charge in [-0.1, -0.05) is 11.6 Å². The lowest BCUT2D eigenvalue weighted by atomic mass is 9.72. The lowest BCUT2D eigenvalue weighted by molar-refractivity contribution is -0.0779. The van der Waals surface area contributed by atoms with Crippen LogP contribution in [0, 0.1) is 23.5 Å². The summed E-state index contributed by atoms with van der Waals surface area (Å²) in [5.74, 6) is -3.17. The van der Waals surface area contributed by atoms with Crippen LogP contribution in [0.3, 0.4) is 0 Å². The van der Waals surface area contributed by atoms with Crippen molar-refractivity contribution in [2.24, 2.45) is 11.8 Å². The van der Waals surface area contributed by atoms with Gasteiger partial charge in [0.15, 0.2) is 21.5 Å². The number of aliphatic hydroxyl groups is 1. The molecule has 2 N–H and O–H groups in total. The fraction of sp³-hybridized carbons (Fsp3) is 0.435. The third kappa shape index (κ3) is 3.84. The van der Waals surface area contributed by atoms with Crippen LogP contribution in [0.25, 0.3) is 0 Å². The van der Waals surface area contributed by atoms with Crippen LogP contribution in [0.15, 0.2) is 41.3 Å². The summed E-state index contributed by atoms with van der Waals surface area (Å²) in [5.41, 5.74) is -0.921. The number of ether oxygens (including phenoxy) is 1. The average Bonchev–Trinajstić information content (AvgIpc) is 3.60. The zero-order valence-corrected chi connectivity index (χ0v) is 19.0. The van der Waals surface area contributed by atoms with Gasteiger partial charge in [0.2, 0.25) is 0 Å². The van der Waals surface area contributed by atoms with Gasteiger partial charge in [-0.15, -0.1) is 0 Å². The third-order valence-electron chi connectivity index (χ3n) is 7.23. The van der Waals surface area contributed by atoms with E-state index in [1.807, 2.05) is 0 Å². The number of benzene rings is 2. The van der Waals surface area contributed by atoms with Crippen LogP contribution < -0.4 is 5.32 Å². The van der Waals surface area contributed by atoms with Crippen LogP contribution in [0.1, 0.15) is 36.0 Å². The van der Waals surface area contributed by atoms with E-state index in [0.717, 1.165) is 25.0 Å². The van der Waals surface area contributed by atoms with Crippen LogP contribution in [-0.4, -0.2) is 43.0 Å². The molecule has 1 heterocycles. The number of amides is 1. The van der Waals surface area contributed by atoms with E-state index in [1.165, 1.54) is 24.3 Å². The molecule has 0 radical (unpaired) electrons. The maximum absolute atomic E-state index is 13.5. The predicted octanol–water partition coefficient (Wildman–Crippen LogP) is 3.96. The summed E-state index contributed by atoms with van der Waals surface area (Å²) < 4.78 is 59.0. The Morgan fingerprint density at radius 3 is 2.36 bits per heavy atom. The van der Waals surface area contributed by atoms with Crippen LogP contribution in [0.4, 0.5) is 14.5 Å². The summed E-state index contributed by atoms with van der Waals surface area (Å²) in [5, 5.41) is 12.9. The molecule has 2 bridgehead atoms. The average molecular weight is 498 g/mol. The van der Waals surface area contributed by atoms with Gasteiger partial charge in [-0.25, -0.2) is 17.2 Å². The van der Waals surface area contributed by atoms with Crippen molar-refractivity contribution < 1.29 is 31.8 Å². The Labute approximate surface area is 194 Å². The Morgan fingerprint density at radius 1 is 1.09 bits per heavy atom. The summed E-state index contributed by atoms with van der Waals surface area (Å²) in [6.07, 6.45) is 1.88. The number of rotatable bonds is 5. The molecule has 1 saturated heterocycles. The van der Waals surface area contributed by atoms with E-state index in [2.05, 4.69) is 5.32 Å². The Hall–Kier alpha value is -2.07. The number of carbonyl (C=O) groups excluding carboxylic acids is 1. The number of fused-ring (bicyclic) bond motifs is 2. The molecule has 1 amide bonds. The monoisotopic (exact) mass is 497 g/mol. The van der Waals surface area contributed by atoms with Gasteiger partial charge in [-0.05, 0) is 67.9 Å². The number of carbonyl (C=O) groups is 1. The molecule has 0 spiro atoms. The van der Waals surface area contributed by atoms with Gasteiger partial charge in [-0.3, -0.25) is 4.79 Å². The molecular weight excluding hydrogens is 476 g/mol. The molecule has 3 fully saturated rings. The van der Waals surface area contributed by atoms with E-state index in [4.69, 9.17) is 16.3 Å². The Morgan fingerprint density at radius 2 is 1.76 bits per heavy atom. The van der Waals surface area contributed by atoms with E-state index >= 15 is 0 Å². The second-order valence-corrected chi connectivity index (χ2v) is 11.7. The Kier molecular flexibility index (Phi) is 5.51. The highest BCUT2D eigenvalue weighted by atomic mass is 35.5. The van der Waals surface area contributed by atoms with E-state index < -0.39 is 38.2 Å². The first-order valence-corrected chi connectivity index (χ1v) is 12.7. The van der Waals surface area contributed by atoms with Crippen LogP contribution in [-0.2, 0) is 14.6 Å². The van der Waals surface area contributed by atoms with Gasteiger partial charge in [0, 0.05) is 17.3 Å². The lowest BCUT2D eigenvalue weighted by Crippen LogP contribution is -2.51. The highest BCUT2D eigenvalue weighted by molar-refractivity contribution is 7.92. The van der Waals surface area contributed by atoms with E-state index in [-0.39, 0.29) is 39.1 Å². The smallest absolute Gasteiger partial charge is 0.255 e. The first-order valence-electron chi connectivity index (χ1n) is 10.7. The summed E-state index contributed by atoms with van der Waals surface area (Å²) in [7, 11) is -3.89. The van der Waals surface area contributed by atoms with Crippen molar-refractivity contribution in [2.45, 2.75) is 47.5 Å². The molecule has 0 aromatic heterocycles. The molecule has 1 aliphatic heterocycles. The molecule has 3 aliphatic rings. The number of nitrogens with one attached hydrogen (secondary N) is 1. The minimum absolute atomic E-state index is 0.00177. The highest BCUT2D eigenvalue weighted by Gasteiger charge is 2.62. The zero-order valence-electron chi connectivity index (χ0n) is 17.4. The predicted molar refractivity (Wildman–Crippen MR) is 117 cm³/mol. The number of hydrogen-bond donors (Lipinski definition) is 2. The van der Waals surface area contributed by atoms with Gasteiger partial charge in [0.1, 0.15) is 6.10 Å². The van der Waals surface area contributed by atoms with Gasteiger partial charge in [0.05, 0.1) is 27.4 Å². The van der Waals surface area contributed by atoms with Crippen LogP contribution in [0.5, 0.6) is 0 Å². The van der Waals surface area contributed by atoms with Crippen molar-refractivity contribution in [3.63, 3.8) is 0 Å². The van der Waals surface area contributed by atoms with Crippen molar-refractivity contribution in [3.8, 4) is 0 Å². The molecule has 2 aromatic rings. The SMILES string of the molecule is O=C(Nc1ccc(F)c(F)c1)c1ccc(Cl)c(S(=O)(=O)[C@@H]2C[C@H]3CC[C@@H](C2)[C@@]3(O)C2CO2)c1. The number of halogens is 3. The first kappa shape index (κ1) is 22.7. The Bertz CT molecular complexity index is 1220. The first-order chi connectivity index (χ1) is 15.6. The van der Waals surface area contributed by atoms with Crippen molar-refractivity contribution >= 4 is 33.0 Å². The normalized spacial score (nSPS) is 30.8. The van der Waals surface area contributed by atoms with Gasteiger partial charge < -0.3 is 15.2 Å². The molecule has 1 unspecified atom stereocenters. The number of hydrogen-bond acceptors (Lipinski definition) is 5. The van der Waals surface area contributed by atoms with Crippen molar-refractivity contribution in [2.75, 3.05) is 11.9 Å². The fourth-order valence-corrected chi connectivity index (χ4v) is 7.86. The molecule has 176 valence electrons. The second-order valence-electron chi connectivity index (χ2n) is 9.05. The molecule has 6 nitrogen and oxygen atoms in total. The van der Waals surface area contributed by atoms with E-state index in [9.17, 15) is 27.1 Å². The molecule has 33 heavy (non-hydrogen) atoms. The van der Waals surface area contributed by atoms with Crippen molar-refractivity contribution in [3.05, 3.63) is 58.6 Å². The summed E-state index contributed by atoms with van der Waals surface area (Å²) in [6.45, 7) is 0.502. The fourth-order valence-electron chi connectivity index (χ4n) is 5.46. The van der Waals surface area contributed by atoms with Crippen molar-refractivity contribution in [1.82, 2.24) is 0 Å². The quantitative estimate of drug-likeness (QED) is 0.609. The molecule has 10 heteroatoms. The molecule has 5 atom stereocenters. The lowest BCUT2D eigenvalue weighted by Gasteiger charge is -2.41. The molecule has 2 aliphatic carbocycles. The van der Waals surface area contributed by atoms with Gasteiger partial charge in [0.25, 0.3) is 5.91 Å². The molecule has 2 saturated carbocycles. The summed E-state index contributed by atoms with van der Waals surface area (Å²) >= 11 is 6.24. The van der Waals surface area contributed by atoms with Gasteiger partial charge in [-0.2, -0.15) is 0 Å². The van der Waals surface area contributed by atoms with E-state index in [1.54, 1.807) is 0 Å². The Balaban J connectivity index is 1.39. The van der Waals surface area contributed by atoms with Crippen molar-refractivity contribution in [1.29, 1.82) is 0 Å².